The van der Waals surface area contributed by atoms with Gasteiger partial charge < -0.3 is 0 Å². The molecule has 0 aromatic carbocycles. The van der Waals surface area contributed by atoms with Crippen LogP contribution in [0.25, 0.3) is 0 Å². The molecule has 168 valence electrons. The van der Waals surface area contributed by atoms with E-state index in [9.17, 15) is 0 Å². The van der Waals surface area contributed by atoms with Gasteiger partial charge in [-0.05, 0) is 102 Å². The second-order valence-corrected chi connectivity index (χ2v) is 14.7. The zero-order chi connectivity index (χ0) is 21.2. The van der Waals surface area contributed by atoms with Gasteiger partial charge in [0.25, 0.3) is 0 Å². The summed E-state index contributed by atoms with van der Waals surface area (Å²) >= 11 is 0. The molecule has 0 bridgehead atoms. The number of hydrogen-bond donors (Lipinski definition) is 0. The largest absolute Gasteiger partial charge is 0.0599 e. The van der Waals surface area contributed by atoms with E-state index < -0.39 is 0 Å². The summed E-state index contributed by atoms with van der Waals surface area (Å²) in [6.45, 7) is 20.7. The van der Waals surface area contributed by atoms with E-state index in [1.165, 1.54) is 64.2 Å². The maximum Gasteiger partial charge on any atom is -0.0292 e. The molecule has 4 aliphatic carbocycles. The standard InChI is InChI=1S/C29H52/c1-27(2,3)23-17-25(21-15-11-9-13-19(21)23)29(7,8)26-18-24(28(4,5)6)20-14-10-12-16-22(20)26/h19-26H,9-18H2,1-8H3. The first-order valence-electron chi connectivity index (χ1n) is 13.4. The van der Waals surface area contributed by atoms with Gasteiger partial charge in [-0.2, -0.15) is 0 Å². The van der Waals surface area contributed by atoms with E-state index >= 15 is 0 Å². The highest BCUT2D eigenvalue weighted by Crippen LogP contribution is 2.66. The van der Waals surface area contributed by atoms with Crippen molar-refractivity contribution in [2.75, 3.05) is 0 Å². The van der Waals surface area contributed by atoms with E-state index in [2.05, 4.69) is 55.4 Å². The van der Waals surface area contributed by atoms with Crippen LogP contribution in [-0.2, 0) is 0 Å². The van der Waals surface area contributed by atoms with Gasteiger partial charge in [-0.3, -0.25) is 0 Å². The van der Waals surface area contributed by atoms with Crippen molar-refractivity contribution < 1.29 is 0 Å². The minimum absolute atomic E-state index is 0.488. The van der Waals surface area contributed by atoms with Crippen molar-refractivity contribution in [1.29, 1.82) is 0 Å². The van der Waals surface area contributed by atoms with Crippen LogP contribution in [0.15, 0.2) is 0 Å². The fraction of sp³-hybridized carbons (Fsp3) is 1.00. The van der Waals surface area contributed by atoms with Crippen molar-refractivity contribution >= 4 is 0 Å². The molecule has 0 saturated heterocycles. The third-order valence-corrected chi connectivity index (χ3v) is 11.0. The Bertz CT molecular complexity index is 520. The Hall–Kier alpha value is 0. The molecule has 4 aliphatic rings. The van der Waals surface area contributed by atoms with Crippen LogP contribution in [0.4, 0.5) is 0 Å². The maximum absolute atomic E-state index is 2.75. The molecular weight excluding hydrogens is 348 g/mol. The van der Waals surface area contributed by atoms with Crippen LogP contribution in [0, 0.1) is 63.6 Å². The highest BCUT2D eigenvalue weighted by Gasteiger charge is 2.58. The Morgan fingerprint density at radius 3 is 0.966 bits per heavy atom. The zero-order valence-electron chi connectivity index (χ0n) is 21.2. The van der Waals surface area contributed by atoms with E-state index in [0.717, 1.165) is 47.3 Å². The minimum atomic E-state index is 0.488. The molecule has 0 N–H and O–H groups in total. The summed E-state index contributed by atoms with van der Waals surface area (Å²) in [6.07, 6.45) is 15.2. The Labute approximate surface area is 183 Å². The van der Waals surface area contributed by atoms with Crippen LogP contribution in [0.2, 0.25) is 0 Å². The smallest absolute Gasteiger partial charge is 0.0292 e. The van der Waals surface area contributed by atoms with Gasteiger partial charge in [0.2, 0.25) is 0 Å². The monoisotopic (exact) mass is 400 g/mol. The molecule has 0 aromatic rings. The summed E-state index contributed by atoms with van der Waals surface area (Å²) in [5.41, 5.74) is 1.50. The molecule has 0 heteroatoms. The molecule has 0 heterocycles. The van der Waals surface area contributed by atoms with E-state index in [0.29, 0.717) is 16.2 Å². The molecule has 8 unspecified atom stereocenters. The van der Waals surface area contributed by atoms with Gasteiger partial charge in [0.05, 0.1) is 0 Å². The van der Waals surface area contributed by atoms with Gasteiger partial charge in [-0.15, -0.1) is 0 Å². The molecule has 4 fully saturated rings. The zero-order valence-corrected chi connectivity index (χ0v) is 21.2. The SMILES string of the molecule is CC(C)(C)C1CC(C(C)(C)C2CC(C(C)(C)C)C3CCCCC32)C2CCCCC21. The molecule has 0 radical (unpaired) electrons. The second kappa shape index (κ2) is 7.55. The van der Waals surface area contributed by atoms with Crippen LogP contribution in [-0.4, -0.2) is 0 Å². The molecule has 4 rings (SSSR count). The average molecular weight is 401 g/mol. The Morgan fingerprint density at radius 1 is 0.414 bits per heavy atom. The molecule has 0 aliphatic heterocycles. The van der Waals surface area contributed by atoms with Gasteiger partial charge in [-0.25, -0.2) is 0 Å². The summed E-state index contributed by atoms with van der Waals surface area (Å²) in [7, 11) is 0. The van der Waals surface area contributed by atoms with Gasteiger partial charge in [0.15, 0.2) is 0 Å². The second-order valence-electron chi connectivity index (χ2n) is 14.7. The normalized spacial score (nSPS) is 43.9. The maximum atomic E-state index is 2.75. The first-order chi connectivity index (χ1) is 13.4. The molecule has 0 spiro atoms. The quantitative estimate of drug-likeness (QED) is 0.434. The molecular formula is C29H52. The summed E-state index contributed by atoms with van der Waals surface area (Å²) in [5.74, 6) is 7.96. The average Bonchev–Trinajstić information content (AvgIpc) is 3.21. The lowest BCUT2D eigenvalue weighted by Crippen LogP contribution is -2.39. The van der Waals surface area contributed by atoms with Crippen LogP contribution in [0.5, 0.6) is 0 Å². The van der Waals surface area contributed by atoms with Gasteiger partial charge in [-0.1, -0.05) is 81.1 Å². The summed E-state index contributed by atoms with van der Waals surface area (Å²) < 4.78 is 0. The van der Waals surface area contributed by atoms with E-state index in [1.54, 1.807) is 0 Å². The summed E-state index contributed by atoms with van der Waals surface area (Å²) in [4.78, 5) is 0. The first-order valence-corrected chi connectivity index (χ1v) is 13.4. The molecule has 0 nitrogen and oxygen atoms in total. The lowest BCUT2D eigenvalue weighted by atomic mass is 9.59. The van der Waals surface area contributed by atoms with Gasteiger partial charge in [0.1, 0.15) is 0 Å². The number of fused-ring (bicyclic) bond motifs is 2. The summed E-state index contributed by atoms with van der Waals surface area (Å²) in [5, 5.41) is 0. The molecule has 29 heavy (non-hydrogen) atoms. The van der Waals surface area contributed by atoms with Crippen molar-refractivity contribution in [2.24, 2.45) is 63.6 Å². The summed E-state index contributed by atoms with van der Waals surface area (Å²) in [6, 6.07) is 0. The Morgan fingerprint density at radius 2 is 0.690 bits per heavy atom. The highest BCUT2D eigenvalue weighted by molar-refractivity contribution is 5.07. The molecule has 4 saturated carbocycles. The Balaban J connectivity index is 1.63. The fourth-order valence-electron chi connectivity index (χ4n) is 9.60. The van der Waals surface area contributed by atoms with Crippen LogP contribution >= 0.6 is 0 Å². The van der Waals surface area contributed by atoms with E-state index in [4.69, 9.17) is 0 Å². The van der Waals surface area contributed by atoms with Gasteiger partial charge >= 0.3 is 0 Å². The van der Waals surface area contributed by atoms with Crippen molar-refractivity contribution in [3.63, 3.8) is 0 Å². The van der Waals surface area contributed by atoms with E-state index in [1.807, 2.05) is 0 Å². The predicted octanol–water partition coefficient (Wildman–Crippen LogP) is 8.99. The van der Waals surface area contributed by atoms with Gasteiger partial charge in [0, 0.05) is 0 Å². The van der Waals surface area contributed by atoms with Crippen LogP contribution in [0.3, 0.4) is 0 Å². The van der Waals surface area contributed by atoms with Crippen molar-refractivity contribution in [1.82, 2.24) is 0 Å². The van der Waals surface area contributed by atoms with Crippen LogP contribution < -0.4 is 0 Å². The molecule has 8 atom stereocenters. The lowest BCUT2D eigenvalue weighted by Gasteiger charge is -2.46. The Kier molecular flexibility index (Phi) is 5.78. The first kappa shape index (κ1) is 22.2. The third kappa shape index (κ3) is 3.86. The van der Waals surface area contributed by atoms with Crippen molar-refractivity contribution in [3.05, 3.63) is 0 Å². The molecule has 0 aromatic heterocycles. The van der Waals surface area contributed by atoms with Crippen molar-refractivity contribution in [2.45, 2.75) is 120 Å². The minimum Gasteiger partial charge on any atom is -0.0599 e. The van der Waals surface area contributed by atoms with Crippen molar-refractivity contribution in [3.8, 4) is 0 Å². The molecule has 0 amide bonds. The van der Waals surface area contributed by atoms with Crippen LogP contribution in [0.1, 0.15) is 120 Å². The number of hydrogen-bond acceptors (Lipinski definition) is 0. The third-order valence-electron chi connectivity index (χ3n) is 11.0. The van der Waals surface area contributed by atoms with E-state index in [-0.39, 0.29) is 0 Å². The predicted molar refractivity (Wildman–Crippen MR) is 127 cm³/mol. The number of rotatable bonds is 2. The topological polar surface area (TPSA) is 0 Å². The lowest BCUT2D eigenvalue weighted by molar-refractivity contribution is 0.0262. The highest BCUT2D eigenvalue weighted by atomic mass is 14.6. The fourth-order valence-corrected chi connectivity index (χ4v) is 9.60.